The molecule has 1 heterocycles. The van der Waals surface area contributed by atoms with Crippen LogP contribution in [0.5, 0.6) is 17.2 Å². The highest BCUT2D eigenvalue weighted by Gasteiger charge is 2.21. The van der Waals surface area contributed by atoms with Crippen molar-refractivity contribution in [1.82, 2.24) is 0 Å². The molecule has 1 aliphatic rings. The summed E-state index contributed by atoms with van der Waals surface area (Å²) in [6, 6.07) is 15.0. The van der Waals surface area contributed by atoms with E-state index in [2.05, 4.69) is 5.32 Å². The van der Waals surface area contributed by atoms with Crippen LogP contribution in [0.3, 0.4) is 0 Å². The fraction of sp³-hybridized carbons (Fsp3) is 0.250. The lowest BCUT2D eigenvalue weighted by atomic mass is 10.2. The van der Waals surface area contributed by atoms with E-state index in [1.54, 1.807) is 12.1 Å². The molecular weight excluding hydrogens is 254 g/mol. The molecule has 0 radical (unpaired) electrons. The third kappa shape index (κ3) is 3.03. The lowest BCUT2D eigenvalue weighted by Crippen LogP contribution is -2.85. The second-order valence-corrected chi connectivity index (χ2v) is 4.89. The van der Waals surface area contributed by atoms with Gasteiger partial charge < -0.3 is 19.9 Å². The van der Waals surface area contributed by atoms with Crippen molar-refractivity contribution in [3.63, 3.8) is 0 Å². The number of aromatic hydroxyl groups is 1. The van der Waals surface area contributed by atoms with Gasteiger partial charge >= 0.3 is 0 Å². The summed E-state index contributed by atoms with van der Waals surface area (Å²) in [4.78, 5) is 0. The number of phenolic OH excluding ortho intramolecular Hbond substituents is 1. The van der Waals surface area contributed by atoms with Crippen molar-refractivity contribution in [1.29, 1.82) is 0 Å². The van der Waals surface area contributed by atoms with Gasteiger partial charge in [0.05, 0.1) is 0 Å². The van der Waals surface area contributed by atoms with Crippen LogP contribution < -0.4 is 14.8 Å². The third-order valence-corrected chi connectivity index (χ3v) is 3.31. The van der Waals surface area contributed by atoms with Crippen molar-refractivity contribution in [3.8, 4) is 17.2 Å². The van der Waals surface area contributed by atoms with Crippen molar-refractivity contribution in [3.05, 3.63) is 54.1 Å². The Kier molecular flexibility index (Phi) is 3.74. The number of nitrogens with two attached hydrogens (primary N) is 1. The molecule has 4 nitrogen and oxygen atoms in total. The average molecular weight is 272 g/mol. The van der Waals surface area contributed by atoms with E-state index in [1.807, 2.05) is 36.4 Å². The Labute approximate surface area is 118 Å². The van der Waals surface area contributed by atoms with Crippen molar-refractivity contribution in [2.75, 3.05) is 13.2 Å². The minimum absolute atomic E-state index is 0.0713. The molecule has 2 aromatic rings. The van der Waals surface area contributed by atoms with E-state index in [4.69, 9.17) is 9.47 Å². The molecule has 0 fully saturated rings. The van der Waals surface area contributed by atoms with Crippen molar-refractivity contribution in [2.45, 2.75) is 12.6 Å². The normalized spacial score (nSPS) is 16.9. The van der Waals surface area contributed by atoms with E-state index in [9.17, 15) is 5.11 Å². The Hall–Kier alpha value is -2.20. The van der Waals surface area contributed by atoms with Crippen LogP contribution >= 0.6 is 0 Å². The van der Waals surface area contributed by atoms with Gasteiger partial charge in [-0.25, -0.2) is 0 Å². The first-order valence-corrected chi connectivity index (χ1v) is 6.79. The highest BCUT2D eigenvalue weighted by molar-refractivity contribution is 5.40. The second kappa shape index (κ2) is 5.84. The number of para-hydroxylation sites is 2. The summed E-state index contributed by atoms with van der Waals surface area (Å²) < 4.78 is 11.6. The van der Waals surface area contributed by atoms with Gasteiger partial charge in [0, 0.05) is 5.56 Å². The lowest BCUT2D eigenvalue weighted by molar-refractivity contribution is -0.676. The van der Waals surface area contributed by atoms with Gasteiger partial charge in [-0.3, -0.25) is 0 Å². The first-order chi connectivity index (χ1) is 9.81. The lowest BCUT2D eigenvalue weighted by Gasteiger charge is -2.25. The standard InChI is InChI=1S/C16H17NO3/c18-13-7-5-12(6-8-13)9-17-10-14-11-19-15-3-1-2-4-16(15)20-14/h1-8,14,17-18H,9-11H2/p+1/t14-/m0/s1. The summed E-state index contributed by atoms with van der Waals surface area (Å²) in [5.74, 6) is 1.94. The maximum Gasteiger partial charge on any atom is 0.181 e. The van der Waals surface area contributed by atoms with Gasteiger partial charge in [-0.15, -0.1) is 0 Å². The molecule has 0 unspecified atom stereocenters. The third-order valence-electron chi connectivity index (χ3n) is 3.31. The molecule has 104 valence electrons. The van der Waals surface area contributed by atoms with Gasteiger partial charge in [0.1, 0.15) is 25.4 Å². The van der Waals surface area contributed by atoms with Crippen molar-refractivity contribution >= 4 is 0 Å². The summed E-state index contributed by atoms with van der Waals surface area (Å²) in [7, 11) is 0. The Morgan fingerprint density at radius 3 is 2.60 bits per heavy atom. The molecule has 0 saturated heterocycles. The highest BCUT2D eigenvalue weighted by Crippen LogP contribution is 2.30. The molecule has 0 spiro atoms. The molecule has 0 aliphatic carbocycles. The molecule has 3 rings (SSSR count). The van der Waals surface area contributed by atoms with Crippen LogP contribution in [0.4, 0.5) is 0 Å². The summed E-state index contributed by atoms with van der Waals surface area (Å²) in [6.07, 6.45) is 0.0713. The van der Waals surface area contributed by atoms with Gasteiger partial charge in [-0.1, -0.05) is 12.1 Å². The second-order valence-electron chi connectivity index (χ2n) is 4.89. The molecule has 1 aliphatic heterocycles. The van der Waals surface area contributed by atoms with Crippen LogP contribution in [0.25, 0.3) is 0 Å². The smallest absolute Gasteiger partial charge is 0.181 e. The first kappa shape index (κ1) is 12.8. The number of fused-ring (bicyclic) bond motifs is 1. The maximum absolute atomic E-state index is 9.23. The molecule has 2 aromatic carbocycles. The van der Waals surface area contributed by atoms with Crippen LogP contribution in [0.15, 0.2) is 48.5 Å². The Morgan fingerprint density at radius 1 is 1.05 bits per heavy atom. The summed E-state index contributed by atoms with van der Waals surface area (Å²) >= 11 is 0. The van der Waals surface area contributed by atoms with Crippen LogP contribution in [0, 0.1) is 0 Å². The van der Waals surface area contributed by atoms with Gasteiger partial charge in [0.25, 0.3) is 0 Å². The number of hydrogen-bond acceptors (Lipinski definition) is 3. The van der Waals surface area contributed by atoms with Crippen LogP contribution in [0.2, 0.25) is 0 Å². The topological polar surface area (TPSA) is 55.3 Å². The fourth-order valence-electron chi connectivity index (χ4n) is 2.25. The van der Waals surface area contributed by atoms with Crippen molar-refractivity contribution < 1.29 is 19.9 Å². The Morgan fingerprint density at radius 2 is 1.80 bits per heavy atom. The number of rotatable bonds is 4. The van der Waals surface area contributed by atoms with E-state index in [0.717, 1.165) is 24.6 Å². The van der Waals surface area contributed by atoms with E-state index >= 15 is 0 Å². The van der Waals surface area contributed by atoms with Gasteiger partial charge in [-0.2, -0.15) is 0 Å². The molecule has 0 saturated carbocycles. The zero-order valence-electron chi connectivity index (χ0n) is 11.2. The Bertz CT molecular complexity index is 568. The predicted molar refractivity (Wildman–Crippen MR) is 75.0 cm³/mol. The largest absolute Gasteiger partial charge is 0.508 e. The minimum Gasteiger partial charge on any atom is -0.508 e. The zero-order valence-corrected chi connectivity index (χ0v) is 11.2. The van der Waals surface area contributed by atoms with Crippen LogP contribution in [-0.2, 0) is 6.54 Å². The van der Waals surface area contributed by atoms with E-state index in [0.29, 0.717) is 12.4 Å². The number of ether oxygens (including phenoxy) is 2. The van der Waals surface area contributed by atoms with Crippen LogP contribution in [-0.4, -0.2) is 24.4 Å². The zero-order chi connectivity index (χ0) is 13.8. The molecule has 1 atom stereocenters. The molecule has 4 heteroatoms. The SMILES string of the molecule is Oc1ccc(C[NH2+]C[C@H]2COc3ccccc3O2)cc1. The van der Waals surface area contributed by atoms with Gasteiger partial charge in [0.15, 0.2) is 17.6 Å². The van der Waals surface area contributed by atoms with E-state index in [-0.39, 0.29) is 6.10 Å². The van der Waals surface area contributed by atoms with E-state index < -0.39 is 0 Å². The summed E-state index contributed by atoms with van der Waals surface area (Å²) in [6.45, 7) is 2.29. The molecule has 20 heavy (non-hydrogen) atoms. The minimum atomic E-state index is 0.0713. The fourth-order valence-corrected chi connectivity index (χ4v) is 2.25. The Balaban J connectivity index is 1.49. The highest BCUT2D eigenvalue weighted by atomic mass is 16.6. The number of hydrogen-bond donors (Lipinski definition) is 2. The average Bonchev–Trinajstić information content (AvgIpc) is 2.49. The molecule has 0 amide bonds. The van der Waals surface area contributed by atoms with Gasteiger partial charge in [-0.05, 0) is 36.4 Å². The number of quaternary nitrogens is 1. The molecular formula is C16H18NO3+. The predicted octanol–water partition coefficient (Wildman–Crippen LogP) is 1.30. The van der Waals surface area contributed by atoms with Crippen molar-refractivity contribution in [2.24, 2.45) is 0 Å². The van der Waals surface area contributed by atoms with E-state index in [1.165, 1.54) is 5.56 Å². The van der Waals surface area contributed by atoms with Gasteiger partial charge in [0.2, 0.25) is 0 Å². The maximum atomic E-state index is 9.23. The molecule has 3 N–H and O–H groups in total. The van der Waals surface area contributed by atoms with Crippen LogP contribution in [0.1, 0.15) is 5.56 Å². The monoisotopic (exact) mass is 272 g/mol. The summed E-state index contributed by atoms with van der Waals surface area (Å²) in [5.41, 5.74) is 1.18. The molecule has 0 aromatic heterocycles. The first-order valence-electron chi connectivity index (χ1n) is 6.79. The number of benzene rings is 2. The quantitative estimate of drug-likeness (QED) is 0.882. The molecule has 0 bridgehead atoms. The summed E-state index contributed by atoms with van der Waals surface area (Å²) in [5, 5.41) is 11.4. The number of phenols is 1.